The molecule has 0 bridgehead atoms. The van der Waals surface area contributed by atoms with Crippen molar-refractivity contribution < 1.29 is 8.42 Å². The fourth-order valence-electron chi connectivity index (χ4n) is 1.35. The Labute approximate surface area is 108 Å². The molecule has 2 aromatic rings. The van der Waals surface area contributed by atoms with E-state index in [0.717, 1.165) is 0 Å². The second kappa shape index (κ2) is 4.64. The van der Waals surface area contributed by atoms with Crippen LogP contribution in [-0.2, 0) is 15.6 Å². The van der Waals surface area contributed by atoms with Gasteiger partial charge >= 0.3 is 0 Å². The Morgan fingerprint density at radius 2 is 2.12 bits per heavy atom. The molecule has 2 rings (SSSR count). The minimum absolute atomic E-state index is 0.0791. The second-order valence-corrected chi connectivity index (χ2v) is 7.07. The summed E-state index contributed by atoms with van der Waals surface area (Å²) in [6, 6.07) is 6.46. The van der Waals surface area contributed by atoms with E-state index in [1.54, 1.807) is 18.2 Å². The quantitative estimate of drug-likeness (QED) is 0.941. The van der Waals surface area contributed by atoms with Gasteiger partial charge in [0.05, 0.1) is 15.8 Å². The summed E-state index contributed by atoms with van der Waals surface area (Å²) < 4.78 is 24.7. The molecular formula is C10H9ClN2O2S2. The summed E-state index contributed by atoms with van der Waals surface area (Å²) in [4.78, 5) is 4.48. The Morgan fingerprint density at radius 3 is 2.71 bits per heavy atom. The van der Waals surface area contributed by atoms with Crippen molar-refractivity contribution in [2.45, 2.75) is 10.8 Å². The van der Waals surface area contributed by atoms with Crippen molar-refractivity contribution in [3.8, 4) is 0 Å². The highest BCUT2D eigenvalue weighted by Gasteiger charge is 2.20. The lowest BCUT2D eigenvalue weighted by Gasteiger charge is -2.04. The molecule has 0 saturated carbocycles. The van der Waals surface area contributed by atoms with Crippen molar-refractivity contribution in [2.24, 2.45) is 0 Å². The van der Waals surface area contributed by atoms with Gasteiger partial charge in [-0.05, 0) is 24.3 Å². The van der Waals surface area contributed by atoms with Crippen LogP contribution >= 0.6 is 22.9 Å². The normalized spacial score (nSPS) is 11.6. The molecule has 0 aliphatic carbocycles. The lowest BCUT2D eigenvalue weighted by molar-refractivity contribution is 0.592. The molecule has 0 fully saturated rings. The van der Waals surface area contributed by atoms with E-state index in [4.69, 9.17) is 17.3 Å². The number of hydrogen-bond donors (Lipinski definition) is 1. The number of sulfone groups is 1. The molecule has 2 aromatic heterocycles. The first-order valence-corrected chi connectivity index (χ1v) is 7.51. The van der Waals surface area contributed by atoms with Crippen molar-refractivity contribution in [2.75, 3.05) is 5.73 Å². The van der Waals surface area contributed by atoms with Crippen LogP contribution in [0.25, 0.3) is 0 Å². The van der Waals surface area contributed by atoms with Crippen LogP contribution in [0.3, 0.4) is 0 Å². The number of hydrogen-bond acceptors (Lipinski definition) is 5. The minimum Gasteiger partial charge on any atom is -0.396 e. The van der Waals surface area contributed by atoms with Gasteiger partial charge in [-0.15, -0.1) is 11.3 Å². The number of nitrogens with two attached hydrogens (primary N) is 1. The van der Waals surface area contributed by atoms with E-state index >= 15 is 0 Å². The minimum atomic E-state index is -3.52. The van der Waals surface area contributed by atoms with Gasteiger partial charge < -0.3 is 5.73 Å². The van der Waals surface area contributed by atoms with Crippen LogP contribution in [0.1, 0.15) is 4.88 Å². The summed E-state index contributed by atoms with van der Waals surface area (Å²) in [6.07, 6.45) is 1.41. The van der Waals surface area contributed by atoms with Crippen LogP contribution in [0.4, 0.5) is 5.69 Å². The summed E-state index contributed by atoms with van der Waals surface area (Å²) in [5.74, 6) is -0.133. The van der Waals surface area contributed by atoms with Crippen LogP contribution in [0.5, 0.6) is 0 Å². The molecule has 0 saturated heterocycles. The lowest BCUT2D eigenvalue weighted by atomic mass is 10.4. The maximum atomic E-state index is 12.1. The fourth-order valence-corrected chi connectivity index (χ4v) is 4.19. The highest BCUT2D eigenvalue weighted by Crippen LogP contribution is 2.26. The first kappa shape index (κ1) is 12.3. The molecule has 17 heavy (non-hydrogen) atoms. The van der Waals surface area contributed by atoms with E-state index in [1.165, 1.54) is 23.6 Å². The smallest absolute Gasteiger partial charge is 0.202 e. The van der Waals surface area contributed by atoms with Gasteiger partial charge in [-0.25, -0.2) is 13.4 Å². The van der Waals surface area contributed by atoms with Gasteiger partial charge in [-0.1, -0.05) is 11.6 Å². The van der Waals surface area contributed by atoms with Crippen LogP contribution in [0, 0.1) is 0 Å². The Balaban J connectivity index is 2.35. The Bertz CT molecular complexity index is 637. The lowest BCUT2D eigenvalue weighted by Crippen LogP contribution is -2.09. The molecule has 0 aromatic carbocycles. The van der Waals surface area contributed by atoms with E-state index in [-0.39, 0.29) is 16.5 Å². The van der Waals surface area contributed by atoms with Gasteiger partial charge in [0.2, 0.25) is 9.84 Å². The first-order chi connectivity index (χ1) is 7.99. The molecule has 90 valence electrons. The molecule has 0 aliphatic rings. The van der Waals surface area contributed by atoms with Crippen molar-refractivity contribution in [1.29, 1.82) is 0 Å². The van der Waals surface area contributed by atoms with Gasteiger partial charge in [-0.2, -0.15) is 0 Å². The number of thiophene rings is 1. The average molecular weight is 289 g/mol. The van der Waals surface area contributed by atoms with E-state index < -0.39 is 9.84 Å². The third-order valence-corrected chi connectivity index (χ3v) is 5.09. The molecule has 0 atom stereocenters. The van der Waals surface area contributed by atoms with Crippen LogP contribution in [0.2, 0.25) is 4.34 Å². The summed E-state index contributed by atoms with van der Waals surface area (Å²) in [5, 5.41) is -0.0791. The summed E-state index contributed by atoms with van der Waals surface area (Å²) >= 11 is 6.98. The largest absolute Gasteiger partial charge is 0.396 e. The van der Waals surface area contributed by atoms with Gasteiger partial charge in [0.15, 0.2) is 5.03 Å². The Morgan fingerprint density at radius 1 is 1.35 bits per heavy atom. The average Bonchev–Trinajstić information content (AvgIpc) is 2.63. The first-order valence-electron chi connectivity index (χ1n) is 4.66. The molecule has 4 nitrogen and oxygen atoms in total. The van der Waals surface area contributed by atoms with Gasteiger partial charge in [0.25, 0.3) is 0 Å². The van der Waals surface area contributed by atoms with Crippen LogP contribution in [0.15, 0.2) is 35.5 Å². The molecular weight excluding hydrogens is 280 g/mol. The fraction of sp³-hybridized carbons (Fsp3) is 0.100. The summed E-state index contributed by atoms with van der Waals surface area (Å²) in [6.45, 7) is 0. The molecule has 0 unspecified atom stereocenters. The molecule has 2 heterocycles. The predicted molar refractivity (Wildman–Crippen MR) is 68.9 cm³/mol. The molecule has 0 spiro atoms. The zero-order chi connectivity index (χ0) is 12.5. The predicted octanol–water partition coefficient (Wildman–Crippen LogP) is 2.35. The number of pyridine rings is 1. The maximum absolute atomic E-state index is 12.1. The van der Waals surface area contributed by atoms with Crippen molar-refractivity contribution in [3.05, 3.63) is 39.7 Å². The molecule has 2 N–H and O–H groups in total. The van der Waals surface area contributed by atoms with E-state index in [9.17, 15) is 8.42 Å². The SMILES string of the molecule is Nc1cccnc1S(=O)(=O)Cc1ccc(Cl)s1. The number of nitrogen functional groups attached to an aromatic ring is 1. The Kier molecular flexibility index (Phi) is 3.37. The van der Waals surface area contributed by atoms with E-state index in [0.29, 0.717) is 9.21 Å². The van der Waals surface area contributed by atoms with Gasteiger partial charge in [-0.3, -0.25) is 0 Å². The van der Waals surface area contributed by atoms with Crippen LogP contribution < -0.4 is 5.73 Å². The topological polar surface area (TPSA) is 73.0 Å². The van der Waals surface area contributed by atoms with Crippen molar-refractivity contribution >= 4 is 38.5 Å². The number of nitrogens with zero attached hydrogens (tertiary/aromatic N) is 1. The van der Waals surface area contributed by atoms with E-state index in [2.05, 4.69) is 4.98 Å². The molecule has 7 heteroatoms. The summed E-state index contributed by atoms with van der Waals surface area (Å²) in [7, 11) is -3.52. The van der Waals surface area contributed by atoms with Crippen LogP contribution in [-0.4, -0.2) is 13.4 Å². The van der Waals surface area contributed by atoms with E-state index in [1.807, 2.05) is 0 Å². The third-order valence-electron chi connectivity index (χ3n) is 2.06. The highest BCUT2D eigenvalue weighted by molar-refractivity contribution is 7.90. The zero-order valence-electron chi connectivity index (χ0n) is 8.63. The Hall–Kier alpha value is -1.11. The molecule has 0 radical (unpaired) electrons. The number of aromatic nitrogens is 1. The van der Waals surface area contributed by atoms with Gasteiger partial charge in [0, 0.05) is 11.1 Å². The number of halogens is 1. The monoisotopic (exact) mass is 288 g/mol. The second-order valence-electron chi connectivity index (χ2n) is 3.36. The number of anilines is 1. The number of rotatable bonds is 3. The maximum Gasteiger partial charge on any atom is 0.202 e. The van der Waals surface area contributed by atoms with Crippen molar-refractivity contribution in [3.63, 3.8) is 0 Å². The molecule has 0 aliphatic heterocycles. The third kappa shape index (κ3) is 2.77. The molecule has 0 amide bonds. The van der Waals surface area contributed by atoms with Crippen molar-refractivity contribution in [1.82, 2.24) is 4.98 Å². The standard InChI is InChI=1S/C10H9ClN2O2S2/c11-9-4-3-7(16-9)6-17(14,15)10-8(12)2-1-5-13-10/h1-5H,6,12H2. The summed E-state index contributed by atoms with van der Waals surface area (Å²) in [5.41, 5.74) is 5.76. The van der Waals surface area contributed by atoms with Gasteiger partial charge in [0.1, 0.15) is 0 Å². The zero-order valence-corrected chi connectivity index (χ0v) is 11.0. The highest BCUT2D eigenvalue weighted by atomic mass is 35.5.